The molecule has 2 aromatic rings. The van der Waals surface area contributed by atoms with Crippen LogP contribution in [0.25, 0.3) is 11.3 Å². The summed E-state index contributed by atoms with van der Waals surface area (Å²) in [6, 6.07) is 10.2. The van der Waals surface area contributed by atoms with E-state index in [1.807, 2.05) is 29.6 Å². The molecular formula is C16H14ClN3S. The third kappa shape index (κ3) is 3.26. The van der Waals surface area contributed by atoms with Gasteiger partial charge in [0.15, 0.2) is 0 Å². The Morgan fingerprint density at radius 2 is 1.95 bits per heavy atom. The number of anilines is 1. The van der Waals surface area contributed by atoms with Crippen molar-refractivity contribution in [2.24, 2.45) is 5.10 Å². The first-order valence-electron chi connectivity index (χ1n) is 6.80. The van der Waals surface area contributed by atoms with Crippen LogP contribution in [0.4, 0.5) is 5.13 Å². The van der Waals surface area contributed by atoms with Crippen molar-refractivity contribution in [2.75, 3.05) is 5.01 Å². The first-order valence-corrected chi connectivity index (χ1v) is 8.06. The second kappa shape index (κ2) is 6.30. The van der Waals surface area contributed by atoms with Crippen LogP contribution in [-0.4, -0.2) is 10.7 Å². The Kier molecular flexibility index (Phi) is 4.23. The molecule has 1 aromatic heterocycles. The van der Waals surface area contributed by atoms with Gasteiger partial charge in [0.05, 0.1) is 5.69 Å². The van der Waals surface area contributed by atoms with E-state index in [1.54, 1.807) is 5.01 Å². The third-order valence-corrected chi connectivity index (χ3v) is 4.43. The number of terminal acetylenes is 1. The molecule has 0 aliphatic heterocycles. The van der Waals surface area contributed by atoms with E-state index >= 15 is 0 Å². The lowest BCUT2D eigenvalue weighted by atomic mass is 10.2. The highest BCUT2D eigenvalue weighted by atomic mass is 35.5. The molecule has 106 valence electrons. The highest BCUT2D eigenvalue weighted by Crippen LogP contribution is 2.28. The molecular weight excluding hydrogens is 302 g/mol. The van der Waals surface area contributed by atoms with Crippen molar-refractivity contribution in [1.82, 2.24) is 4.98 Å². The molecule has 1 saturated carbocycles. The first-order chi connectivity index (χ1) is 10.3. The Morgan fingerprint density at radius 3 is 2.62 bits per heavy atom. The molecule has 1 fully saturated rings. The van der Waals surface area contributed by atoms with Crippen LogP contribution in [-0.2, 0) is 0 Å². The van der Waals surface area contributed by atoms with Gasteiger partial charge < -0.3 is 0 Å². The maximum Gasteiger partial charge on any atom is 0.219 e. The van der Waals surface area contributed by atoms with Crippen LogP contribution in [0.15, 0.2) is 34.7 Å². The third-order valence-electron chi connectivity index (χ3n) is 3.36. The summed E-state index contributed by atoms with van der Waals surface area (Å²) in [5.41, 5.74) is 3.07. The summed E-state index contributed by atoms with van der Waals surface area (Å²) in [5.74, 6) is 0. The molecule has 21 heavy (non-hydrogen) atoms. The van der Waals surface area contributed by atoms with Gasteiger partial charge in [-0.3, -0.25) is 0 Å². The van der Waals surface area contributed by atoms with Gasteiger partial charge in [-0.05, 0) is 37.8 Å². The van der Waals surface area contributed by atoms with Crippen molar-refractivity contribution in [3.63, 3.8) is 0 Å². The SMILES string of the molecule is C#CN(N=C1CCCC1)c1nc(-c2ccc(Cl)cc2)cs1. The Bertz CT molecular complexity index is 689. The number of rotatable bonds is 3. The predicted molar refractivity (Wildman–Crippen MR) is 89.8 cm³/mol. The van der Waals surface area contributed by atoms with Crippen molar-refractivity contribution >= 4 is 33.8 Å². The van der Waals surface area contributed by atoms with Crippen LogP contribution >= 0.6 is 22.9 Å². The van der Waals surface area contributed by atoms with Crippen molar-refractivity contribution < 1.29 is 0 Å². The average Bonchev–Trinajstić information content (AvgIpc) is 3.17. The molecule has 3 rings (SSSR count). The lowest BCUT2D eigenvalue weighted by Crippen LogP contribution is -2.10. The lowest BCUT2D eigenvalue weighted by Gasteiger charge is -2.08. The van der Waals surface area contributed by atoms with Gasteiger partial charge in [0, 0.05) is 27.7 Å². The number of hydrogen-bond donors (Lipinski definition) is 0. The van der Waals surface area contributed by atoms with Crippen LogP contribution in [0.5, 0.6) is 0 Å². The summed E-state index contributed by atoms with van der Waals surface area (Å²) in [6.45, 7) is 0. The Labute approximate surface area is 133 Å². The predicted octanol–water partition coefficient (Wildman–Crippen LogP) is 4.79. The second-order valence-corrected chi connectivity index (χ2v) is 6.11. The van der Waals surface area contributed by atoms with E-state index in [1.165, 1.54) is 24.2 Å². The van der Waals surface area contributed by atoms with Gasteiger partial charge in [0.1, 0.15) is 0 Å². The zero-order valence-electron chi connectivity index (χ0n) is 11.4. The van der Waals surface area contributed by atoms with Crippen LogP contribution in [0.3, 0.4) is 0 Å². The molecule has 1 aliphatic rings. The van der Waals surface area contributed by atoms with Crippen LogP contribution in [0.2, 0.25) is 5.02 Å². The molecule has 0 spiro atoms. The van der Waals surface area contributed by atoms with E-state index in [4.69, 9.17) is 18.0 Å². The van der Waals surface area contributed by atoms with Gasteiger partial charge in [-0.2, -0.15) is 10.1 Å². The Morgan fingerprint density at radius 1 is 1.24 bits per heavy atom. The maximum atomic E-state index is 5.90. The molecule has 0 N–H and O–H groups in total. The van der Waals surface area contributed by atoms with Crippen molar-refractivity contribution in [1.29, 1.82) is 0 Å². The number of hydrazone groups is 1. The largest absolute Gasteiger partial charge is 0.219 e. The van der Waals surface area contributed by atoms with E-state index in [-0.39, 0.29) is 0 Å². The summed E-state index contributed by atoms with van der Waals surface area (Å²) >= 11 is 7.40. The standard InChI is InChI=1S/C16H14ClN3S/c1-2-20(19-14-5-3-4-6-14)16-18-15(11-21-16)12-7-9-13(17)10-8-12/h1,7-11H,3-6H2. The maximum absolute atomic E-state index is 5.90. The van der Waals surface area contributed by atoms with Crippen LogP contribution in [0, 0.1) is 12.5 Å². The smallest absolute Gasteiger partial charge is 0.218 e. The van der Waals surface area contributed by atoms with Gasteiger partial charge in [0.25, 0.3) is 0 Å². The molecule has 0 bridgehead atoms. The molecule has 0 unspecified atom stereocenters. The molecule has 0 amide bonds. The second-order valence-electron chi connectivity index (χ2n) is 4.84. The minimum atomic E-state index is 0.715. The highest BCUT2D eigenvalue weighted by Gasteiger charge is 2.13. The van der Waals surface area contributed by atoms with Crippen molar-refractivity contribution in [3.8, 4) is 23.7 Å². The van der Waals surface area contributed by atoms with E-state index in [0.717, 1.165) is 34.9 Å². The zero-order chi connectivity index (χ0) is 14.7. The molecule has 0 radical (unpaired) electrons. The van der Waals surface area contributed by atoms with E-state index in [9.17, 15) is 0 Å². The van der Waals surface area contributed by atoms with Gasteiger partial charge in [-0.1, -0.05) is 30.2 Å². The fraction of sp³-hybridized carbons (Fsp3) is 0.250. The Hall–Kier alpha value is -1.83. The summed E-state index contributed by atoms with van der Waals surface area (Å²) < 4.78 is 0. The number of hydrogen-bond acceptors (Lipinski definition) is 4. The number of halogens is 1. The topological polar surface area (TPSA) is 28.5 Å². The van der Waals surface area contributed by atoms with Gasteiger partial charge >= 0.3 is 0 Å². The lowest BCUT2D eigenvalue weighted by molar-refractivity contribution is 0.886. The average molecular weight is 316 g/mol. The van der Waals surface area contributed by atoms with Crippen LogP contribution in [0.1, 0.15) is 25.7 Å². The fourth-order valence-electron chi connectivity index (χ4n) is 2.27. The summed E-state index contributed by atoms with van der Waals surface area (Å²) in [6.07, 6.45) is 10.0. The van der Waals surface area contributed by atoms with E-state index in [2.05, 4.69) is 16.1 Å². The zero-order valence-corrected chi connectivity index (χ0v) is 13.0. The molecule has 1 aromatic carbocycles. The molecule has 0 saturated heterocycles. The minimum absolute atomic E-state index is 0.715. The summed E-state index contributed by atoms with van der Waals surface area (Å²) in [4.78, 5) is 4.58. The highest BCUT2D eigenvalue weighted by molar-refractivity contribution is 7.14. The van der Waals surface area contributed by atoms with Crippen molar-refractivity contribution in [2.45, 2.75) is 25.7 Å². The number of thiazole rings is 1. The fourth-order valence-corrected chi connectivity index (χ4v) is 3.14. The first kappa shape index (κ1) is 14.1. The van der Waals surface area contributed by atoms with Gasteiger partial charge in [-0.15, -0.1) is 11.3 Å². The van der Waals surface area contributed by atoms with E-state index in [0.29, 0.717) is 5.02 Å². The summed E-state index contributed by atoms with van der Waals surface area (Å²) in [5, 5.41) is 9.50. The quantitative estimate of drug-likeness (QED) is 0.463. The van der Waals surface area contributed by atoms with Crippen molar-refractivity contribution in [3.05, 3.63) is 34.7 Å². The van der Waals surface area contributed by atoms with Gasteiger partial charge in [0.2, 0.25) is 5.13 Å². The minimum Gasteiger partial charge on any atom is -0.218 e. The van der Waals surface area contributed by atoms with Crippen LogP contribution < -0.4 is 5.01 Å². The van der Waals surface area contributed by atoms with Gasteiger partial charge in [-0.25, -0.2) is 4.98 Å². The van der Waals surface area contributed by atoms with E-state index < -0.39 is 0 Å². The molecule has 3 nitrogen and oxygen atoms in total. The number of benzene rings is 1. The number of nitrogens with zero attached hydrogens (tertiary/aromatic N) is 3. The molecule has 0 atom stereocenters. The normalized spacial score (nSPS) is 14.0. The molecule has 1 aliphatic carbocycles. The molecule has 1 heterocycles. The summed E-state index contributed by atoms with van der Waals surface area (Å²) in [7, 11) is 0. The monoisotopic (exact) mass is 315 g/mol. The number of aromatic nitrogens is 1. The molecule has 5 heteroatoms. The Balaban J connectivity index is 1.84.